The number of fused-ring (bicyclic) bond motifs is 1. The van der Waals surface area contributed by atoms with E-state index in [2.05, 4.69) is 12.0 Å². The smallest absolute Gasteiger partial charge is 0.123 e. The molecule has 2 aromatic rings. The van der Waals surface area contributed by atoms with Crippen molar-refractivity contribution in [2.24, 2.45) is 5.73 Å². The highest BCUT2D eigenvalue weighted by molar-refractivity contribution is 5.45. The molecule has 0 aliphatic heterocycles. The summed E-state index contributed by atoms with van der Waals surface area (Å²) in [6, 6.07) is 4.90. The number of benzene rings is 1. The predicted octanol–water partition coefficient (Wildman–Crippen LogP) is 2.58. The highest BCUT2D eigenvalue weighted by Gasteiger charge is 2.37. The molecule has 1 aliphatic carbocycles. The number of aryl methyl sites for hydroxylation is 2. The van der Waals surface area contributed by atoms with Crippen LogP contribution in [0.15, 0.2) is 30.6 Å². The van der Waals surface area contributed by atoms with Gasteiger partial charge in [0, 0.05) is 18.3 Å². The lowest BCUT2D eigenvalue weighted by Crippen LogP contribution is -2.35. The molecule has 0 saturated heterocycles. The molecular weight excluding hydrogens is 241 g/mol. The van der Waals surface area contributed by atoms with Crippen LogP contribution in [0.4, 0.5) is 4.39 Å². The van der Waals surface area contributed by atoms with Gasteiger partial charge in [-0.25, -0.2) is 4.39 Å². The lowest BCUT2D eigenvalue weighted by Gasteiger charge is -2.24. The molecule has 100 valence electrons. The van der Waals surface area contributed by atoms with Crippen LogP contribution in [0.1, 0.15) is 36.5 Å². The minimum absolute atomic E-state index is 0.190. The molecule has 0 bridgehead atoms. The van der Waals surface area contributed by atoms with E-state index in [1.54, 1.807) is 6.07 Å². The third kappa shape index (κ3) is 1.96. The van der Waals surface area contributed by atoms with Gasteiger partial charge in [0.05, 0.1) is 11.7 Å². The largest absolute Gasteiger partial charge is 0.318 e. The molecule has 1 aromatic carbocycles. The summed E-state index contributed by atoms with van der Waals surface area (Å²) in [5.74, 6) is -0.190. The van der Waals surface area contributed by atoms with E-state index < -0.39 is 5.54 Å². The summed E-state index contributed by atoms with van der Waals surface area (Å²) < 4.78 is 15.2. The van der Waals surface area contributed by atoms with Crippen molar-refractivity contribution < 1.29 is 4.39 Å². The van der Waals surface area contributed by atoms with Gasteiger partial charge in [0.2, 0.25) is 0 Å². The molecule has 19 heavy (non-hydrogen) atoms. The van der Waals surface area contributed by atoms with Crippen molar-refractivity contribution in [2.75, 3.05) is 0 Å². The SMILES string of the molecule is CCCn1cc(C2(N)CCc3cc(F)ccc32)cn1. The van der Waals surface area contributed by atoms with Gasteiger partial charge in [0.25, 0.3) is 0 Å². The second kappa shape index (κ2) is 4.46. The molecule has 1 unspecified atom stereocenters. The molecular formula is C15H18FN3. The van der Waals surface area contributed by atoms with E-state index in [1.165, 1.54) is 6.07 Å². The second-order valence-electron chi connectivity index (χ2n) is 5.26. The van der Waals surface area contributed by atoms with Crippen molar-refractivity contribution in [3.63, 3.8) is 0 Å². The van der Waals surface area contributed by atoms with Crippen molar-refractivity contribution in [3.05, 3.63) is 53.1 Å². The lowest BCUT2D eigenvalue weighted by atomic mass is 9.87. The van der Waals surface area contributed by atoms with E-state index in [9.17, 15) is 4.39 Å². The van der Waals surface area contributed by atoms with Crippen molar-refractivity contribution in [3.8, 4) is 0 Å². The van der Waals surface area contributed by atoms with E-state index in [4.69, 9.17) is 5.73 Å². The maximum Gasteiger partial charge on any atom is 0.123 e. The summed E-state index contributed by atoms with van der Waals surface area (Å²) in [6.07, 6.45) is 6.53. The van der Waals surface area contributed by atoms with Crippen molar-refractivity contribution in [1.29, 1.82) is 0 Å². The van der Waals surface area contributed by atoms with Crippen LogP contribution >= 0.6 is 0 Å². The number of halogens is 1. The summed E-state index contributed by atoms with van der Waals surface area (Å²) in [5, 5.41) is 4.35. The summed E-state index contributed by atoms with van der Waals surface area (Å²) in [4.78, 5) is 0. The first kappa shape index (κ1) is 12.4. The van der Waals surface area contributed by atoms with Gasteiger partial charge in [-0.1, -0.05) is 13.0 Å². The van der Waals surface area contributed by atoms with E-state index in [0.29, 0.717) is 0 Å². The fourth-order valence-corrected chi connectivity index (χ4v) is 2.92. The van der Waals surface area contributed by atoms with Crippen LogP contribution < -0.4 is 5.73 Å². The zero-order valence-corrected chi connectivity index (χ0v) is 11.1. The van der Waals surface area contributed by atoms with Crippen LogP contribution in [-0.4, -0.2) is 9.78 Å². The van der Waals surface area contributed by atoms with Crippen molar-refractivity contribution >= 4 is 0 Å². The standard InChI is InChI=1S/C15H18FN3/c1-2-7-19-10-12(9-18-19)15(17)6-5-11-8-13(16)3-4-14(11)15/h3-4,8-10H,2,5-7,17H2,1H3. The zero-order valence-electron chi connectivity index (χ0n) is 11.1. The molecule has 0 saturated carbocycles. The molecule has 1 aromatic heterocycles. The zero-order chi connectivity index (χ0) is 13.5. The third-order valence-corrected chi connectivity index (χ3v) is 3.94. The van der Waals surface area contributed by atoms with Crippen LogP contribution in [0.3, 0.4) is 0 Å². The fourth-order valence-electron chi connectivity index (χ4n) is 2.92. The van der Waals surface area contributed by atoms with Gasteiger partial charge in [-0.2, -0.15) is 5.10 Å². The van der Waals surface area contributed by atoms with Crippen LogP contribution in [-0.2, 0) is 18.5 Å². The summed E-state index contributed by atoms with van der Waals surface area (Å²) in [7, 11) is 0. The maximum absolute atomic E-state index is 13.3. The molecule has 0 spiro atoms. The Hall–Kier alpha value is -1.68. The molecule has 3 nitrogen and oxygen atoms in total. The molecule has 2 N–H and O–H groups in total. The van der Waals surface area contributed by atoms with Gasteiger partial charge in [-0.05, 0) is 42.5 Å². The molecule has 0 fully saturated rings. The van der Waals surface area contributed by atoms with Crippen LogP contribution in [0.25, 0.3) is 0 Å². The Balaban J connectivity index is 2.01. The highest BCUT2D eigenvalue weighted by atomic mass is 19.1. The van der Waals surface area contributed by atoms with Crippen LogP contribution in [0, 0.1) is 5.82 Å². The Labute approximate surface area is 112 Å². The minimum Gasteiger partial charge on any atom is -0.318 e. The quantitative estimate of drug-likeness (QED) is 0.920. The van der Waals surface area contributed by atoms with Gasteiger partial charge in [-0.3, -0.25) is 4.68 Å². The van der Waals surface area contributed by atoms with Gasteiger partial charge < -0.3 is 5.73 Å². The number of nitrogens with two attached hydrogens (primary N) is 1. The topological polar surface area (TPSA) is 43.8 Å². The predicted molar refractivity (Wildman–Crippen MR) is 72.2 cm³/mol. The Kier molecular flexibility index (Phi) is 2.90. The van der Waals surface area contributed by atoms with Gasteiger partial charge in [-0.15, -0.1) is 0 Å². The van der Waals surface area contributed by atoms with Crippen LogP contribution in [0.2, 0.25) is 0 Å². The summed E-state index contributed by atoms with van der Waals surface area (Å²) in [6.45, 7) is 3.01. The van der Waals surface area contributed by atoms with E-state index in [1.807, 2.05) is 23.1 Å². The monoisotopic (exact) mass is 259 g/mol. The van der Waals surface area contributed by atoms with Gasteiger partial charge >= 0.3 is 0 Å². The highest BCUT2D eigenvalue weighted by Crippen LogP contribution is 2.39. The molecule has 1 atom stereocenters. The molecule has 4 heteroatoms. The Bertz CT molecular complexity index is 605. The first-order valence-electron chi connectivity index (χ1n) is 6.74. The maximum atomic E-state index is 13.3. The Morgan fingerprint density at radius 1 is 1.47 bits per heavy atom. The Morgan fingerprint density at radius 3 is 3.11 bits per heavy atom. The van der Waals surface area contributed by atoms with E-state index in [-0.39, 0.29) is 5.82 Å². The average Bonchev–Trinajstić information content (AvgIpc) is 2.97. The summed E-state index contributed by atoms with van der Waals surface area (Å²) >= 11 is 0. The van der Waals surface area contributed by atoms with E-state index in [0.717, 1.165) is 42.5 Å². The Morgan fingerprint density at radius 2 is 2.32 bits per heavy atom. The first-order valence-corrected chi connectivity index (χ1v) is 6.74. The molecule has 0 radical (unpaired) electrons. The third-order valence-electron chi connectivity index (χ3n) is 3.94. The molecule has 1 aliphatic rings. The minimum atomic E-state index is -0.519. The number of hydrogen-bond acceptors (Lipinski definition) is 2. The molecule has 0 amide bonds. The lowest BCUT2D eigenvalue weighted by molar-refractivity contribution is 0.531. The number of nitrogens with zero attached hydrogens (tertiary/aromatic N) is 2. The molecule has 3 rings (SSSR count). The average molecular weight is 259 g/mol. The van der Waals surface area contributed by atoms with Gasteiger partial charge in [0.15, 0.2) is 0 Å². The second-order valence-corrected chi connectivity index (χ2v) is 5.26. The molecule has 1 heterocycles. The van der Waals surface area contributed by atoms with Gasteiger partial charge in [0.1, 0.15) is 5.82 Å². The fraction of sp³-hybridized carbons (Fsp3) is 0.400. The van der Waals surface area contributed by atoms with Crippen LogP contribution in [0.5, 0.6) is 0 Å². The van der Waals surface area contributed by atoms with Crippen molar-refractivity contribution in [1.82, 2.24) is 9.78 Å². The van der Waals surface area contributed by atoms with Crippen molar-refractivity contribution in [2.45, 2.75) is 38.3 Å². The first-order chi connectivity index (χ1) is 9.13. The summed E-state index contributed by atoms with van der Waals surface area (Å²) in [5.41, 5.74) is 9.13. The normalized spacial score (nSPS) is 21.6. The number of hydrogen-bond donors (Lipinski definition) is 1. The number of aromatic nitrogens is 2. The van der Waals surface area contributed by atoms with E-state index >= 15 is 0 Å². The number of rotatable bonds is 3.